The Morgan fingerprint density at radius 3 is 2.50 bits per heavy atom. The molecule has 0 bridgehead atoms. The van der Waals surface area contributed by atoms with Crippen LogP contribution in [0.25, 0.3) is 0 Å². The highest BCUT2D eigenvalue weighted by molar-refractivity contribution is 7.92. The van der Waals surface area contributed by atoms with E-state index in [-0.39, 0.29) is 17.0 Å². The number of benzene rings is 1. The van der Waals surface area contributed by atoms with Gasteiger partial charge < -0.3 is 0 Å². The van der Waals surface area contributed by atoms with E-state index in [0.29, 0.717) is 18.5 Å². The number of nitrogens with zero attached hydrogens (tertiary/aromatic N) is 1. The second-order valence-electron chi connectivity index (χ2n) is 6.54. The molecule has 1 aromatic rings. The molecule has 0 amide bonds. The Bertz CT molecular complexity index is 642. The first kappa shape index (κ1) is 15.0. The van der Waals surface area contributed by atoms with Gasteiger partial charge in [0.05, 0.1) is 11.4 Å². The smallest absolute Gasteiger partial charge is 0.235 e. The van der Waals surface area contributed by atoms with Crippen molar-refractivity contribution in [2.24, 2.45) is 5.41 Å². The highest BCUT2D eigenvalue weighted by atomic mass is 32.2. The number of anilines is 1. The van der Waals surface area contributed by atoms with Gasteiger partial charge in [0.2, 0.25) is 10.0 Å². The third-order valence-electron chi connectivity index (χ3n) is 3.29. The maximum atomic E-state index is 12.5. The fourth-order valence-corrected chi connectivity index (χ4v) is 4.60. The van der Waals surface area contributed by atoms with Crippen LogP contribution < -0.4 is 4.31 Å². The van der Waals surface area contributed by atoms with Crippen molar-refractivity contribution in [3.8, 4) is 0 Å². The van der Waals surface area contributed by atoms with E-state index in [1.165, 1.54) is 11.2 Å². The van der Waals surface area contributed by atoms with Gasteiger partial charge in [-0.15, -0.1) is 0 Å². The minimum atomic E-state index is -3.32. The van der Waals surface area contributed by atoms with Gasteiger partial charge in [0, 0.05) is 12.1 Å². The van der Waals surface area contributed by atoms with Crippen LogP contribution in [0.4, 0.5) is 5.69 Å². The molecule has 0 radical (unpaired) electrons. The van der Waals surface area contributed by atoms with E-state index in [9.17, 15) is 13.2 Å². The summed E-state index contributed by atoms with van der Waals surface area (Å²) in [5.41, 5.74) is 2.02. The van der Waals surface area contributed by atoms with Gasteiger partial charge in [-0.1, -0.05) is 20.8 Å². The molecule has 20 heavy (non-hydrogen) atoms. The van der Waals surface area contributed by atoms with E-state index in [1.54, 1.807) is 12.1 Å². The van der Waals surface area contributed by atoms with Crippen molar-refractivity contribution in [1.82, 2.24) is 0 Å². The van der Waals surface area contributed by atoms with Gasteiger partial charge in [0.25, 0.3) is 0 Å². The summed E-state index contributed by atoms with van der Waals surface area (Å²) in [6.07, 6.45) is 0.666. The van der Waals surface area contributed by atoms with Crippen LogP contribution in [0.2, 0.25) is 0 Å². The molecule has 1 aliphatic heterocycles. The van der Waals surface area contributed by atoms with Crippen LogP contribution in [0.5, 0.6) is 0 Å². The highest BCUT2D eigenvalue weighted by Gasteiger charge is 2.32. The lowest BCUT2D eigenvalue weighted by molar-refractivity contribution is 0.101. The zero-order valence-corrected chi connectivity index (χ0v) is 13.3. The van der Waals surface area contributed by atoms with E-state index >= 15 is 0 Å². The SMILES string of the molecule is CC(=O)c1ccc2c(c1)CCN2S(=O)(=O)CC(C)(C)C. The van der Waals surface area contributed by atoms with E-state index in [4.69, 9.17) is 0 Å². The Hall–Kier alpha value is -1.36. The lowest BCUT2D eigenvalue weighted by atomic mass is 10.0. The molecular weight excluding hydrogens is 274 g/mol. The number of hydrogen-bond acceptors (Lipinski definition) is 3. The molecule has 0 aromatic heterocycles. The molecule has 1 aromatic carbocycles. The number of rotatable bonds is 3. The summed E-state index contributed by atoms with van der Waals surface area (Å²) < 4.78 is 26.5. The average molecular weight is 295 g/mol. The van der Waals surface area contributed by atoms with Gasteiger partial charge in [-0.3, -0.25) is 9.10 Å². The molecule has 1 heterocycles. The van der Waals surface area contributed by atoms with Gasteiger partial charge in [-0.25, -0.2) is 8.42 Å². The molecule has 0 aliphatic carbocycles. The molecule has 4 nitrogen and oxygen atoms in total. The van der Waals surface area contributed by atoms with Crippen LogP contribution in [0.1, 0.15) is 43.6 Å². The molecular formula is C15H21NO3S. The normalized spacial score (nSPS) is 15.3. The Kier molecular flexibility index (Phi) is 3.67. The van der Waals surface area contributed by atoms with Crippen LogP contribution in [-0.2, 0) is 16.4 Å². The van der Waals surface area contributed by atoms with Gasteiger partial charge in [-0.05, 0) is 42.5 Å². The van der Waals surface area contributed by atoms with Crippen LogP contribution in [0, 0.1) is 5.41 Å². The fourth-order valence-electron chi connectivity index (χ4n) is 2.50. The number of carbonyl (C=O) groups excluding carboxylic acids is 1. The van der Waals surface area contributed by atoms with Crippen LogP contribution in [0.3, 0.4) is 0 Å². The lowest BCUT2D eigenvalue weighted by Crippen LogP contribution is -2.35. The maximum absolute atomic E-state index is 12.5. The fraction of sp³-hybridized carbons (Fsp3) is 0.533. The zero-order chi connectivity index (χ0) is 15.1. The molecule has 0 unspecified atom stereocenters. The van der Waals surface area contributed by atoms with Crippen molar-refractivity contribution in [2.45, 2.75) is 34.1 Å². The van der Waals surface area contributed by atoms with Gasteiger partial charge >= 0.3 is 0 Å². The van der Waals surface area contributed by atoms with Crippen LogP contribution in [-0.4, -0.2) is 26.5 Å². The average Bonchev–Trinajstić information content (AvgIpc) is 2.68. The molecule has 0 saturated carbocycles. The minimum absolute atomic E-state index is 0.00352. The predicted molar refractivity (Wildman–Crippen MR) is 80.7 cm³/mol. The van der Waals surface area contributed by atoms with Crippen molar-refractivity contribution in [3.05, 3.63) is 29.3 Å². The van der Waals surface area contributed by atoms with E-state index < -0.39 is 10.0 Å². The summed E-state index contributed by atoms with van der Waals surface area (Å²) in [5, 5.41) is 0. The minimum Gasteiger partial charge on any atom is -0.295 e. The predicted octanol–water partition coefficient (Wildman–Crippen LogP) is 2.63. The Labute approximate surface area is 120 Å². The molecule has 0 fully saturated rings. The molecule has 0 spiro atoms. The number of hydrogen-bond donors (Lipinski definition) is 0. The number of ketones is 1. The first-order valence-electron chi connectivity index (χ1n) is 6.74. The number of fused-ring (bicyclic) bond motifs is 1. The summed E-state index contributed by atoms with van der Waals surface area (Å²) in [5.74, 6) is 0.122. The lowest BCUT2D eigenvalue weighted by Gasteiger charge is -2.25. The number of carbonyl (C=O) groups is 1. The summed E-state index contributed by atoms with van der Waals surface area (Å²) in [6, 6.07) is 5.26. The quantitative estimate of drug-likeness (QED) is 0.806. The first-order chi connectivity index (χ1) is 9.10. The first-order valence-corrected chi connectivity index (χ1v) is 8.35. The van der Waals surface area contributed by atoms with Gasteiger partial charge in [0.1, 0.15) is 0 Å². The molecule has 0 saturated heterocycles. The summed E-state index contributed by atoms with van der Waals surface area (Å²) in [6.45, 7) is 7.74. The summed E-state index contributed by atoms with van der Waals surface area (Å²) >= 11 is 0. The molecule has 2 rings (SSSR count). The second-order valence-corrected chi connectivity index (χ2v) is 8.43. The number of sulfonamides is 1. The van der Waals surface area contributed by atoms with E-state index in [2.05, 4.69) is 0 Å². The Morgan fingerprint density at radius 1 is 1.30 bits per heavy atom. The standard InChI is InChI=1S/C15H21NO3S/c1-11(17)12-5-6-14-13(9-12)7-8-16(14)20(18,19)10-15(2,3)4/h5-6,9H,7-8,10H2,1-4H3. The van der Waals surface area contributed by atoms with Gasteiger partial charge in [0.15, 0.2) is 5.78 Å². The molecule has 0 atom stereocenters. The molecule has 110 valence electrons. The Morgan fingerprint density at radius 2 is 1.95 bits per heavy atom. The van der Waals surface area contributed by atoms with Crippen molar-refractivity contribution in [3.63, 3.8) is 0 Å². The molecule has 1 aliphatic rings. The number of Topliss-reactive ketones (excluding diaryl/α,β-unsaturated/α-hetero) is 1. The van der Waals surface area contributed by atoms with Crippen LogP contribution >= 0.6 is 0 Å². The molecule has 0 N–H and O–H groups in total. The second kappa shape index (κ2) is 4.88. The maximum Gasteiger partial charge on any atom is 0.235 e. The van der Waals surface area contributed by atoms with Crippen molar-refractivity contribution in [2.75, 3.05) is 16.6 Å². The van der Waals surface area contributed by atoms with Crippen LogP contribution in [0.15, 0.2) is 18.2 Å². The monoisotopic (exact) mass is 295 g/mol. The van der Waals surface area contributed by atoms with E-state index in [0.717, 1.165) is 11.3 Å². The Balaban J connectivity index is 2.35. The van der Waals surface area contributed by atoms with Gasteiger partial charge in [-0.2, -0.15) is 0 Å². The molecule has 5 heteroatoms. The highest BCUT2D eigenvalue weighted by Crippen LogP contribution is 2.33. The summed E-state index contributed by atoms with van der Waals surface area (Å²) in [7, 11) is -3.32. The zero-order valence-electron chi connectivity index (χ0n) is 12.4. The third-order valence-corrected chi connectivity index (χ3v) is 5.57. The van der Waals surface area contributed by atoms with E-state index in [1.807, 2.05) is 26.8 Å². The summed E-state index contributed by atoms with van der Waals surface area (Å²) in [4.78, 5) is 11.4. The topological polar surface area (TPSA) is 54.5 Å². The largest absolute Gasteiger partial charge is 0.295 e. The van der Waals surface area contributed by atoms with Crippen molar-refractivity contribution < 1.29 is 13.2 Å². The van der Waals surface area contributed by atoms with Crippen molar-refractivity contribution >= 4 is 21.5 Å². The third kappa shape index (κ3) is 3.03. The van der Waals surface area contributed by atoms with Crippen molar-refractivity contribution in [1.29, 1.82) is 0 Å².